The maximum atomic E-state index is 12.5. The standard InChI is InChI=1S/C16H11F3N2O2/c17-16(18,19)10-3-1-9(2-4-10)7-14-15(22)21-12-8-11(20)5-6-13(12)23-14/h1-8H,20H2,(H,21,22)/b14-7-. The van der Waals surface area contributed by atoms with Gasteiger partial charge in [-0.3, -0.25) is 4.79 Å². The Morgan fingerprint density at radius 3 is 2.43 bits per heavy atom. The molecule has 0 aromatic heterocycles. The first-order chi connectivity index (χ1) is 10.8. The van der Waals surface area contributed by atoms with Crippen molar-refractivity contribution in [3.63, 3.8) is 0 Å². The van der Waals surface area contributed by atoms with Gasteiger partial charge in [-0.05, 0) is 42.0 Å². The summed E-state index contributed by atoms with van der Waals surface area (Å²) in [5.41, 5.74) is 6.20. The molecule has 0 atom stereocenters. The van der Waals surface area contributed by atoms with E-state index in [1.165, 1.54) is 18.2 Å². The Hall–Kier alpha value is -2.96. The number of benzene rings is 2. The molecule has 1 aliphatic rings. The van der Waals surface area contributed by atoms with Gasteiger partial charge in [0.05, 0.1) is 11.3 Å². The number of hydrogen-bond donors (Lipinski definition) is 2. The van der Waals surface area contributed by atoms with E-state index >= 15 is 0 Å². The van der Waals surface area contributed by atoms with Gasteiger partial charge in [0.2, 0.25) is 0 Å². The molecular weight excluding hydrogens is 309 g/mol. The number of fused-ring (bicyclic) bond motifs is 1. The van der Waals surface area contributed by atoms with E-state index in [2.05, 4.69) is 5.32 Å². The molecule has 0 aliphatic carbocycles. The summed E-state index contributed by atoms with van der Waals surface area (Å²) in [6.45, 7) is 0. The number of nitrogens with two attached hydrogens (primary N) is 1. The Bertz CT molecular complexity index is 796. The van der Waals surface area contributed by atoms with Crippen LogP contribution in [0.1, 0.15) is 11.1 Å². The summed E-state index contributed by atoms with van der Waals surface area (Å²) in [5, 5.41) is 2.61. The molecule has 2 aromatic carbocycles. The lowest BCUT2D eigenvalue weighted by molar-refractivity contribution is -0.137. The number of ether oxygens (including phenoxy) is 1. The highest BCUT2D eigenvalue weighted by Gasteiger charge is 2.30. The Balaban J connectivity index is 1.88. The summed E-state index contributed by atoms with van der Waals surface area (Å²) >= 11 is 0. The van der Waals surface area contributed by atoms with E-state index in [1.54, 1.807) is 18.2 Å². The second-order valence-corrected chi connectivity index (χ2v) is 4.94. The first-order valence-electron chi connectivity index (χ1n) is 6.60. The van der Waals surface area contributed by atoms with Crippen molar-refractivity contribution in [1.29, 1.82) is 0 Å². The largest absolute Gasteiger partial charge is 0.449 e. The second-order valence-electron chi connectivity index (χ2n) is 4.94. The summed E-state index contributed by atoms with van der Waals surface area (Å²) in [5.74, 6) is -0.0954. The van der Waals surface area contributed by atoms with Crippen LogP contribution in [-0.4, -0.2) is 5.91 Å². The van der Waals surface area contributed by atoms with Crippen LogP contribution in [0.15, 0.2) is 48.2 Å². The van der Waals surface area contributed by atoms with Crippen molar-refractivity contribution in [3.8, 4) is 5.75 Å². The third-order valence-electron chi connectivity index (χ3n) is 3.23. The number of alkyl halides is 3. The van der Waals surface area contributed by atoms with E-state index in [0.717, 1.165) is 12.1 Å². The van der Waals surface area contributed by atoms with Gasteiger partial charge in [0, 0.05) is 5.69 Å². The van der Waals surface area contributed by atoms with Gasteiger partial charge in [0.25, 0.3) is 5.91 Å². The van der Waals surface area contributed by atoms with E-state index in [-0.39, 0.29) is 5.76 Å². The first kappa shape index (κ1) is 15.0. The maximum Gasteiger partial charge on any atom is 0.416 e. The molecule has 0 fully saturated rings. The van der Waals surface area contributed by atoms with Crippen LogP contribution in [0.3, 0.4) is 0 Å². The molecule has 0 unspecified atom stereocenters. The molecule has 118 valence electrons. The molecule has 1 aliphatic heterocycles. The minimum Gasteiger partial charge on any atom is -0.449 e. The number of carbonyl (C=O) groups excluding carboxylic acids is 1. The van der Waals surface area contributed by atoms with Crippen LogP contribution in [0.25, 0.3) is 6.08 Å². The third kappa shape index (κ3) is 3.13. The highest BCUT2D eigenvalue weighted by molar-refractivity contribution is 6.08. The van der Waals surface area contributed by atoms with Crippen LogP contribution in [0.2, 0.25) is 0 Å². The highest BCUT2D eigenvalue weighted by atomic mass is 19.4. The van der Waals surface area contributed by atoms with Gasteiger partial charge >= 0.3 is 6.18 Å². The Labute approximate surface area is 129 Å². The SMILES string of the molecule is Nc1ccc2c(c1)NC(=O)/C(=C/c1ccc(C(F)(F)F)cc1)O2. The normalized spacial score (nSPS) is 15.8. The molecule has 7 heteroatoms. The monoisotopic (exact) mass is 320 g/mol. The van der Waals surface area contributed by atoms with Crippen LogP contribution >= 0.6 is 0 Å². The predicted octanol–water partition coefficient (Wildman–Crippen LogP) is 3.66. The molecule has 2 aromatic rings. The van der Waals surface area contributed by atoms with Crippen molar-refractivity contribution >= 4 is 23.4 Å². The lowest BCUT2D eigenvalue weighted by Gasteiger charge is -2.20. The van der Waals surface area contributed by atoms with Crippen molar-refractivity contribution < 1.29 is 22.7 Å². The maximum absolute atomic E-state index is 12.5. The van der Waals surface area contributed by atoms with Gasteiger partial charge in [-0.2, -0.15) is 13.2 Å². The minimum absolute atomic E-state index is 0.0120. The van der Waals surface area contributed by atoms with Crippen LogP contribution < -0.4 is 15.8 Å². The highest BCUT2D eigenvalue weighted by Crippen LogP contribution is 2.33. The van der Waals surface area contributed by atoms with Gasteiger partial charge < -0.3 is 15.8 Å². The predicted molar refractivity (Wildman–Crippen MR) is 79.5 cm³/mol. The average Bonchev–Trinajstić information content (AvgIpc) is 2.48. The fourth-order valence-electron chi connectivity index (χ4n) is 2.10. The number of amides is 1. The van der Waals surface area contributed by atoms with E-state index < -0.39 is 17.6 Å². The molecule has 0 saturated carbocycles. The summed E-state index contributed by atoms with van der Waals surface area (Å²) in [4.78, 5) is 12.0. The number of anilines is 2. The Morgan fingerprint density at radius 1 is 1.09 bits per heavy atom. The lowest BCUT2D eigenvalue weighted by atomic mass is 10.1. The van der Waals surface area contributed by atoms with Crippen molar-refractivity contribution in [2.45, 2.75) is 6.18 Å². The molecule has 1 heterocycles. The number of rotatable bonds is 1. The first-order valence-corrected chi connectivity index (χ1v) is 6.60. The zero-order valence-electron chi connectivity index (χ0n) is 11.6. The van der Waals surface area contributed by atoms with Crippen molar-refractivity contribution in [3.05, 3.63) is 59.4 Å². The Kier molecular flexibility index (Phi) is 3.48. The third-order valence-corrected chi connectivity index (χ3v) is 3.23. The van der Waals surface area contributed by atoms with Gasteiger partial charge in [0.15, 0.2) is 11.5 Å². The van der Waals surface area contributed by atoms with E-state index in [0.29, 0.717) is 22.7 Å². The summed E-state index contributed by atoms with van der Waals surface area (Å²) in [7, 11) is 0. The number of hydrogen-bond acceptors (Lipinski definition) is 3. The van der Waals surface area contributed by atoms with Crippen LogP contribution in [-0.2, 0) is 11.0 Å². The van der Waals surface area contributed by atoms with Gasteiger partial charge in [-0.25, -0.2) is 0 Å². The summed E-state index contributed by atoms with van der Waals surface area (Å²) in [6, 6.07) is 9.21. The minimum atomic E-state index is -4.40. The molecule has 3 N–H and O–H groups in total. The Morgan fingerprint density at radius 2 is 1.78 bits per heavy atom. The number of carbonyl (C=O) groups is 1. The number of halogens is 3. The molecule has 1 amide bonds. The van der Waals surface area contributed by atoms with Gasteiger partial charge in [-0.1, -0.05) is 12.1 Å². The fraction of sp³-hybridized carbons (Fsp3) is 0.0625. The van der Waals surface area contributed by atoms with Crippen molar-refractivity contribution in [2.75, 3.05) is 11.1 Å². The zero-order valence-corrected chi connectivity index (χ0v) is 11.6. The summed E-state index contributed by atoms with van der Waals surface area (Å²) in [6.07, 6.45) is -3.03. The molecule has 0 saturated heterocycles. The molecule has 0 spiro atoms. The lowest BCUT2D eigenvalue weighted by Crippen LogP contribution is -2.23. The van der Waals surface area contributed by atoms with Crippen LogP contribution in [0, 0.1) is 0 Å². The molecule has 23 heavy (non-hydrogen) atoms. The molecule has 4 nitrogen and oxygen atoms in total. The van der Waals surface area contributed by atoms with E-state index in [9.17, 15) is 18.0 Å². The summed E-state index contributed by atoms with van der Waals surface area (Å²) < 4.78 is 43.0. The van der Waals surface area contributed by atoms with Gasteiger partial charge in [0.1, 0.15) is 0 Å². The van der Waals surface area contributed by atoms with Crippen LogP contribution in [0.4, 0.5) is 24.5 Å². The topological polar surface area (TPSA) is 64.3 Å². The average molecular weight is 320 g/mol. The number of nitrogen functional groups attached to an aromatic ring is 1. The quantitative estimate of drug-likeness (QED) is 0.622. The van der Waals surface area contributed by atoms with Crippen LogP contribution in [0.5, 0.6) is 5.75 Å². The zero-order chi connectivity index (χ0) is 16.6. The van der Waals surface area contributed by atoms with E-state index in [4.69, 9.17) is 10.5 Å². The molecule has 3 rings (SSSR count). The van der Waals surface area contributed by atoms with Gasteiger partial charge in [-0.15, -0.1) is 0 Å². The second kappa shape index (κ2) is 5.35. The molecule has 0 radical (unpaired) electrons. The van der Waals surface area contributed by atoms with Crippen molar-refractivity contribution in [2.24, 2.45) is 0 Å². The smallest absolute Gasteiger partial charge is 0.416 e. The molecule has 0 bridgehead atoms. The van der Waals surface area contributed by atoms with E-state index in [1.807, 2.05) is 0 Å². The van der Waals surface area contributed by atoms with Crippen molar-refractivity contribution in [1.82, 2.24) is 0 Å². The number of nitrogens with one attached hydrogen (secondary N) is 1. The molecular formula is C16H11F3N2O2. The fourth-order valence-corrected chi connectivity index (χ4v) is 2.10.